The lowest BCUT2D eigenvalue weighted by atomic mass is 10.1. The topological polar surface area (TPSA) is 55.7 Å². The molecule has 0 radical (unpaired) electrons. The van der Waals surface area contributed by atoms with E-state index in [9.17, 15) is 9.59 Å². The molecule has 0 spiro atoms. The monoisotopic (exact) mass is 191 g/mol. The van der Waals surface area contributed by atoms with Crippen LogP contribution < -0.4 is 4.74 Å². The van der Waals surface area contributed by atoms with Gasteiger partial charge in [-0.2, -0.15) is 4.99 Å². The number of rotatable bonds is 3. The van der Waals surface area contributed by atoms with E-state index in [1.54, 1.807) is 18.2 Å². The van der Waals surface area contributed by atoms with E-state index in [1.165, 1.54) is 20.1 Å². The van der Waals surface area contributed by atoms with Crippen LogP contribution in [-0.4, -0.2) is 19.0 Å². The van der Waals surface area contributed by atoms with E-state index in [2.05, 4.69) is 4.99 Å². The van der Waals surface area contributed by atoms with Gasteiger partial charge in [0.15, 0.2) is 5.78 Å². The van der Waals surface area contributed by atoms with Crippen LogP contribution in [-0.2, 0) is 4.79 Å². The van der Waals surface area contributed by atoms with Gasteiger partial charge in [-0.1, -0.05) is 0 Å². The zero-order valence-corrected chi connectivity index (χ0v) is 7.90. The summed E-state index contributed by atoms with van der Waals surface area (Å²) in [6, 6.07) is 4.71. The molecule has 0 heterocycles. The molecule has 0 saturated carbocycles. The van der Waals surface area contributed by atoms with Gasteiger partial charge >= 0.3 is 0 Å². The minimum atomic E-state index is -0.169. The first-order valence-electron chi connectivity index (χ1n) is 3.96. The Morgan fingerprint density at radius 1 is 1.50 bits per heavy atom. The van der Waals surface area contributed by atoms with Gasteiger partial charge in [-0.3, -0.25) is 4.79 Å². The largest absolute Gasteiger partial charge is 0.497 e. The Morgan fingerprint density at radius 3 is 2.71 bits per heavy atom. The van der Waals surface area contributed by atoms with Gasteiger partial charge in [0.25, 0.3) is 0 Å². The van der Waals surface area contributed by atoms with Crippen molar-refractivity contribution in [2.24, 2.45) is 4.99 Å². The minimum absolute atomic E-state index is 0.169. The van der Waals surface area contributed by atoms with Crippen molar-refractivity contribution < 1.29 is 14.3 Å². The molecule has 0 unspecified atom stereocenters. The van der Waals surface area contributed by atoms with Crippen LogP contribution in [0.1, 0.15) is 17.3 Å². The molecular weight excluding hydrogens is 182 g/mol. The number of carbonyl (C=O) groups is 1. The minimum Gasteiger partial charge on any atom is -0.497 e. The van der Waals surface area contributed by atoms with Crippen LogP contribution in [0.2, 0.25) is 0 Å². The van der Waals surface area contributed by atoms with E-state index in [0.717, 1.165) is 0 Å². The molecular formula is C10H9NO3. The van der Waals surface area contributed by atoms with Crippen molar-refractivity contribution in [2.45, 2.75) is 6.92 Å². The summed E-state index contributed by atoms with van der Waals surface area (Å²) in [7, 11) is 1.50. The van der Waals surface area contributed by atoms with E-state index in [1.807, 2.05) is 0 Å². The van der Waals surface area contributed by atoms with Gasteiger partial charge in [0.2, 0.25) is 6.08 Å². The fraction of sp³-hybridized carbons (Fsp3) is 0.200. The van der Waals surface area contributed by atoms with Gasteiger partial charge in [-0.15, -0.1) is 0 Å². The highest BCUT2D eigenvalue weighted by Crippen LogP contribution is 2.24. The maximum Gasteiger partial charge on any atom is 0.240 e. The van der Waals surface area contributed by atoms with Gasteiger partial charge in [-0.25, -0.2) is 4.79 Å². The summed E-state index contributed by atoms with van der Waals surface area (Å²) in [6.07, 6.45) is 1.40. The number of nitrogens with zero attached hydrogens (tertiary/aromatic N) is 1. The summed E-state index contributed by atoms with van der Waals surface area (Å²) in [5.41, 5.74) is 0.668. The summed E-state index contributed by atoms with van der Waals surface area (Å²) < 4.78 is 4.95. The molecule has 4 heteroatoms. The molecule has 1 aromatic rings. The molecule has 4 nitrogen and oxygen atoms in total. The summed E-state index contributed by atoms with van der Waals surface area (Å²) >= 11 is 0. The van der Waals surface area contributed by atoms with Crippen molar-refractivity contribution in [2.75, 3.05) is 7.11 Å². The molecule has 0 aliphatic heterocycles. The summed E-state index contributed by atoms with van der Waals surface area (Å²) in [4.78, 5) is 24.7. The first kappa shape index (κ1) is 10.2. The Balaban J connectivity index is 3.30. The van der Waals surface area contributed by atoms with Gasteiger partial charge in [0, 0.05) is 5.56 Å². The van der Waals surface area contributed by atoms with Crippen molar-refractivity contribution in [3.63, 3.8) is 0 Å². The summed E-state index contributed by atoms with van der Waals surface area (Å²) in [5, 5.41) is 0. The zero-order chi connectivity index (χ0) is 10.6. The summed E-state index contributed by atoms with van der Waals surface area (Å²) in [6.45, 7) is 1.40. The standard InChI is InChI=1S/C10H9NO3/c1-7(13)9-5-8(14-2)3-4-10(9)11-6-12/h3-5H,1-2H3. The molecule has 0 bridgehead atoms. The number of ketones is 1. The molecule has 0 amide bonds. The Morgan fingerprint density at radius 2 is 2.21 bits per heavy atom. The second-order valence-corrected chi connectivity index (χ2v) is 2.64. The van der Waals surface area contributed by atoms with Crippen LogP contribution in [0.5, 0.6) is 5.75 Å². The lowest BCUT2D eigenvalue weighted by molar-refractivity contribution is 0.101. The molecule has 14 heavy (non-hydrogen) atoms. The number of hydrogen-bond donors (Lipinski definition) is 0. The Kier molecular flexibility index (Phi) is 3.15. The quantitative estimate of drug-likeness (QED) is 0.416. The Hall–Kier alpha value is -1.93. The number of methoxy groups -OCH3 is 1. The first-order chi connectivity index (χ1) is 6.69. The fourth-order valence-corrected chi connectivity index (χ4v) is 1.07. The average Bonchev–Trinajstić information content (AvgIpc) is 2.18. The predicted octanol–water partition coefficient (Wildman–Crippen LogP) is 1.87. The second-order valence-electron chi connectivity index (χ2n) is 2.64. The molecule has 0 atom stereocenters. The molecule has 0 saturated heterocycles. The molecule has 72 valence electrons. The van der Waals surface area contributed by atoms with Crippen molar-refractivity contribution in [1.82, 2.24) is 0 Å². The van der Waals surface area contributed by atoms with Crippen molar-refractivity contribution >= 4 is 17.6 Å². The van der Waals surface area contributed by atoms with E-state index in [-0.39, 0.29) is 5.78 Å². The molecule has 0 aromatic heterocycles. The third-order valence-electron chi connectivity index (χ3n) is 1.75. The summed E-state index contributed by atoms with van der Waals surface area (Å²) in [5.74, 6) is 0.387. The van der Waals surface area contributed by atoms with E-state index in [4.69, 9.17) is 4.74 Å². The molecule has 0 aliphatic rings. The third-order valence-corrected chi connectivity index (χ3v) is 1.75. The maximum absolute atomic E-state index is 11.2. The van der Waals surface area contributed by atoms with Crippen LogP contribution in [0.4, 0.5) is 5.69 Å². The molecule has 0 fully saturated rings. The van der Waals surface area contributed by atoms with E-state index >= 15 is 0 Å². The molecule has 0 N–H and O–H groups in total. The SMILES string of the molecule is COc1ccc(N=C=O)c(C(C)=O)c1. The van der Waals surface area contributed by atoms with Gasteiger partial charge in [-0.05, 0) is 25.1 Å². The number of Topliss-reactive ketones (excluding diaryl/α,β-unsaturated/α-hetero) is 1. The average molecular weight is 191 g/mol. The number of isocyanates is 1. The van der Waals surface area contributed by atoms with E-state index < -0.39 is 0 Å². The van der Waals surface area contributed by atoms with Crippen molar-refractivity contribution in [3.05, 3.63) is 23.8 Å². The first-order valence-corrected chi connectivity index (χ1v) is 3.96. The van der Waals surface area contributed by atoms with Crippen molar-refractivity contribution in [3.8, 4) is 5.75 Å². The normalized spacial score (nSPS) is 9.00. The predicted molar refractivity (Wildman–Crippen MR) is 50.8 cm³/mol. The third kappa shape index (κ3) is 2.06. The van der Waals surface area contributed by atoms with Gasteiger partial charge < -0.3 is 4.74 Å². The number of ether oxygens (including phenoxy) is 1. The zero-order valence-electron chi connectivity index (χ0n) is 7.90. The van der Waals surface area contributed by atoms with Crippen LogP contribution in [0.25, 0.3) is 0 Å². The highest BCUT2D eigenvalue weighted by Gasteiger charge is 2.07. The Bertz CT molecular complexity index is 406. The highest BCUT2D eigenvalue weighted by molar-refractivity contribution is 5.99. The van der Waals surface area contributed by atoms with Gasteiger partial charge in [0.05, 0.1) is 12.8 Å². The number of aliphatic imine (C=N–C) groups is 1. The van der Waals surface area contributed by atoms with Crippen molar-refractivity contribution in [1.29, 1.82) is 0 Å². The van der Waals surface area contributed by atoms with Gasteiger partial charge in [0.1, 0.15) is 5.75 Å². The Labute approximate surface area is 81.2 Å². The second kappa shape index (κ2) is 4.35. The molecule has 0 aliphatic carbocycles. The smallest absolute Gasteiger partial charge is 0.240 e. The van der Waals surface area contributed by atoms with E-state index in [0.29, 0.717) is 17.0 Å². The number of benzene rings is 1. The lowest BCUT2D eigenvalue weighted by Gasteiger charge is -2.03. The molecule has 1 aromatic carbocycles. The molecule has 1 rings (SSSR count). The van der Waals surface area contributed by atoms with Crippen LogP contribution in [0.3, 0.4) is 0 Å². The fourth-order valence-electron chi connectivity index (χ4n) is 1.07. The van der Waals surface area contributed by atoms with Crippen LogP contribution in [0, 0.1) is 0 Å². The highest BCUT2D eigenvalue weighted by atomic mass is 16.5. The number of carbonyl (C=O) groups excluding carboxylic acids is 2. The number of hydrogen-bond acceptors (Lipinski definition) is 4. The van der Waals surface area contributed by atoms with Crippen LogP contribution in [0.15, 0.2) is 23.2 Å². The lowest BCUT2D eigenvalue weighted by Crippen LogP contribution is -1.94. The maximum atomic E-state index is 11.2. The van der Waals surface area contributed by atoms with Crippen LogP contribution >= 0.6 is 0 Å².